The summed E-state index contributed by atoms with van der Waals surface area (Å²) in [4.78, 5) is 36.6. The van der Waals surface area contributed by atoms with Gasteiger partial charge >= 0.3 is 5.97 Å². The number of hydrogen-bond donors (Lipinski definition) is 3. The Balaban J connectivity index is 1.26. The van der Waals surface area contributed by atoms with Crippen LogP contribution >= 0.6 is 0 Å². The Morgan fingerprint density at radius 1 is 1.00 bits per heavy atom. The van der Waals surface area contributed by atoms with Gasteiger partial charge in [0.05, 0.1) is 0 Å². The van der Waals surface area contributed by atoms with Crippen LogP contribution in [0.4, 0.5) is 5.69 Å². The molecular formula is C28H29N5O3. The van der Waals surface area contributed by atoms with E-state index in [1.807, 2.05) is 65.8 Å². The van der Waals surface area contributed by atoms with Crippen molar-refractivity contribution in [3.63, 3.8) is 0 Å². The molecule has 0 aliphatic carbocycles. The standard InChI is InChI=1S/C28H29N5O3/c34-27(21-4-2-1-3-5-21)31-22-6-7-23-24(19-30-25(23)18-22)26(28(35)36)33-16-14-32(15-17-33)13-10-20-8-11-29-12-9-20/h1-9,11-12,18-19,26,30H,10,13-17H2,(H,31,34)(H,35,36)/t26-/m0/s1. The van der Waals surface area contributed by atoms with Gasteiger partial charge in [0, 0.05) is 79.0 Å². The number of nitrogens with zero attached hydrogens (tertiary/aromatic N) is 3. The highest BCUT2D eigenvalue weighted by Gasteiger charge is 2.32. The van der Waals surface area contributed by atoms with Gasteiger partial charge in [0.15, 0.2) is 0 Å². The third-order valence-electron chi connectivity index (χ3n) is 6.77. The highest BCUT2D eigenvalue weighted by molar-refractivity contribution is 6.05. The van der Waals surface area contributed by atoms with E-state index in [1.54, 1.807) is 18.3 Å². The first-order chi connectivity index (χ1) is 17.6. The lowest BCUT2D eigenvalue weighted by atomic mass is 10.0. The minimum atomic E-state index is -0.859. The molecule has 1 amide bonds. The van der Waals surface area contributed by atoms with Crippen LogP contribution in [0.15, 0.2) is 79.3 Å². The van der Waals surface area contributed by atoms with Crippen LogP contribution in [0.1, 0.15) is 27.5 Å². The number of aromatic nitrogens is 2. The van der Waals surface area contributed by atoms with Crippen LogP contribution in [0.25, 0.3) is 10.9 Å². The molecule has 1 aliphatic heterocycles. The smallest absolute Gasteiger partial charge is 0.325 e. The third kappa shape index (κ3) is 5.30. The number of carboxylic acid groups (broad SMARTS) is 1. The summed E-state index contributed by atoms with van der Waals surface area (Å²) in [6, 6.07) is 17.9. The summed E-state index contributed by atoms with van der Waals surface area (Å²) in [6.45, 7) is 3.97. The van der Waals surface area contributed by atoms with Crippen molar-refractivity contribution in [1.82, 2.24) is 19.8 Å². The number of carbonyl (C=O) groups is 2. The molecule has 1 fully saturated rings. The zero-order chi connectivity index (χ0) is 24.9. The number of fused-ring (bicyclic) bond motifs is 1. The van der Waals surface area contributed by atoms with Crippen LogP contribution in [0.3, 0.4) is 0 Å². The van der Waals surface area contributed by atoms with Crippen molar-refractivity contribution in [3.8, 4) is 0 Å². The number of aromatic amines is 1. The Morgan fingerprint density at radius 2 is 1.75 bits per heavy atom. The van der Waals surface area contributed by atoms with Crippen LogP contribution in [0.2, 0.25) is 0 Å². The molecule has 1 saturated heterocycles. The Labute approximate surface area is 209 Å². The number of hydrogen-bond acceptors (Lipinski definition) is 5. The number of aliphatic carboxylic acids is 1. The molecule has 0 saturated carbocycles. The summed E-state index contributed by atoms with van der Waals surface area (Å²) < 4.78 is 0. The van der Waals surface area contributed by atoms with E-state index in [4.69, 9.17) is 0 Å². The molecule has 3 N–H and O–H groups in total. The number of benzene rings is 2. The Bertz CT molecular complexity index is 1330. The molecule has 36 heavy (non-hydrogen) atoms. The molecule has 8 nitrogen and oxygen atoms in total. The summed E-state index contributed by atoms with van der Waals surface area (Å²) in [6.07, 6.45) is 6.36. The molecule has 2 aromatic carbocycles. The molecule has 5 rings (SSSR count). The van der Waals surface area contributed by atoms with E-state index in [0.29, 0.717) is 24.3 Å². The topological polar surface area (TPSA) is 102 Å². The Hall–Kier alpha value is -4.01. The average molecular weight is 484 g/mol. The van der Waals surface area contributed by atoms with Crippen LogP contribution in [-0.4, -0.2) is 69.5 Å². The van der Waals surface area contributed by atoms with Crippen LogP contribution in [0, 0.1) is 0 Å². The molecular weight excluding hydrogens is 454 g/mol. The van der Waals surface area contributed by atoms with Gasteiger partial charge in [-0.05, 0) is 48.4 Å². The van der Waals surface area contributed by atoms with Gasteiger partial charge < -0.3 is 20.3 Å². The first-order valence-electron chi connectivity index (χ1n) is 12.1. The number of carbonyl (C=O) groups excluding carboxylic acids is 1. The lowest BCUT2D eigenvalue weighted by molar-refractivity contribution is -0.144. The molecule has 8 heteroatoms. The molecule has 4 aromatic rings. The van der Waals surface area contributed by atoms with E-state index in [9.17, 15) is 14.7 Å². The fourth-order valence-corrected chi connectivity index (χ4v) is 4.81. The number of nitrogens with one attached hydrogen (secondary N) is 2. The summed E-state index contributed by atoms with van der Waals surface area (Å²) in [7, 11) is 0. The first kappa shape index (κ1) is 23.7. The number of rotatable bonds is 8. The summed E-state index contributed by atoms with van der Waals surface area (Å²) in [5.41, 5.74) is 4.02. The van der Waals surface area contributed by atoms with Crippen molar-refractivity contribution >= 4 is 28.5 Å². The van der Waals surface area contributed by atoms with Crippen LogP contribution in [0.5, 0.6) is 0 Å². The number of H-pyrrole nitrogens is 1. The maximum atomic E-state index is 12.5. The maximum absolute atomic E-state index is 12.5. The highest BCUT2D eigenvalue weighted by Crippen LogP contribution is 2.31. The van der Waals surface area contributed by atoms with Crippen molar-refractivity contribution in [2.45, 2.75) is 12.5 Å². The monoisotopic (exact) mass is 483 g/mol. The van der Waals surface area contributed by atoms with Crippen molar-refractivity contribution < 1.29 is 14.7 Å². The predicted octanol–water partition coefficient (Wildman–Crippen LogP) is 3.80. The first-order valence-corrected chi connectivity index (χ1v) is 12.1. The predicted molar refractivity (Wildman–Crippen MR) is 139 cm³/mol. The maximum Gasteiger partial charge on any atom is 0.325 e. The van der Waals surface area contributed by atoms with E-state index in [1.165, 1.54) is 5.56 Å². The van der Waals surface area contributed by atoms with Crippen molar-refractivity contribution in [2.24, 2.45) is 0 Å². The molecule has 1 atom stereocenters. The lowest BCUT2D eigenvalue weighted by Crippen LogP contribution is -2.49. The summed E-state index contributed by atoms with van der Waals surface area (Å²) in [5, 5.41) is 13.9. The molecule has 0 spiro atoms. The van der Waals surface area contributed by atoms with E-state index < -0.39 is 12.0 Å². The number of carboxylic acids is 1. The molecule has 1 aliphatic rings. The number of anilines is 1. The van der Waals surface area contributed by atoms with Gasteiger partial charge in [0.2, 0.25) is 0 Å². The number of pyridine rings is 1. The number of amides is 1. The molecule has 0 bridgehead atoms. The second-order valence-corrected chi connectivity index (χ2v) is 9.05. The van der Waals surface area contributed by atoms with Gasteiger partial charge in [-0.15, -0.1) is 0 Å². The average Bonchev–Trinajstić information content (AvgIpc) is 3.32. The van der Waals surface area contributed by atoms with Crippen LogP contribution in [-0.2, 0) is 11.2 Å². The van der Waals surface area contributed by atoms with E-state index >= 15 is 0 Å². The zero-order valence-electron chi connectivity index (χ0n) is 19.9. The van der Waals surface area contributed by atoms with Gasteiger partial charge in [0.25, 0.3) is 5.91 Å². The van der Waals surface area contributed by atoms with Crippen molar-refractivity contribution in [2.75, 3.05) is 38.0 Å². The largest absolute Gasteiger partial charge is 0.480 e. The lowest BCUT2D eigenvalue weighted by Gasteiger charge is -2.37. The van der Waals surface area contributed by atoms with Gasteiger partial charge in [-0.3, -0.25) is 19.5 Å². The van der Waals surface area contributed by atoms with Gasteiger partial charge in [0.1, 0.15) is 6.04 Å². The fraction of sp³-hybridized carbons (Fsp3) is 0.250. The molecule has 184 valence electrons. The Kier molecular flexibility index (Phi) is 7.06. The second kappa shape index (κ2) is 10.7. The molecule has 0 radical (unpaired) electrons. The van der Waals surface area contributed by atoms with Gasteiger partial charge in [-0.2, -0.15) is 0 Å². The second-order valence-electron chi connectivity index (χ2n) is 9.05. The normalized spacial score (nSPS) is 15.6. The van der Waals surface area contributed by atoms with Crippen LogP contribution < -0.4 is 5.32 Å². The zero-order valence-corrected chi connectivity index (χ0v) is 19.9. The minimum Gasteiger partial charge on any atom is -0.480 e. The molecule has 3 heterocycles. The quantitative estimate of drug-likeness (QED) is 0.352. The number of piperazine rings is 1. The minimum absolute atomic E-state index is 0.188. The van der Waals surface area contributed by atoms with E-state index in [0.717, 1.165) is 42.5 Å². The SMILES string of the molecule is O=C(Nc1ccc2c([C@@H](C(=O)O)N3CCN(CCc4ccncc4)CC3)c[nH]c2c1)c1ccccc1. The third-order valence-corrected chi connectivity index (χ3v) is 6.77. The van der Waals surface area contributed by atoms with Crippen molar-refractivity contribution in [3.05, 3.63) is 95.9 Å². The van der Waals surface area contributed by atoms with Gasteiger partial charge in [-0.1, -0.05) is 24.3 Å². The van der Waals surface area contributed by atoms with E-state index in [2.05, 4.69) is 20.2 Å². The Morgan fingerprint density at radius 3 is 2.47 bits per heavy atom. The molecule has 0 unspecified atom stereocenters. The highest BCUT2D eigenvalue weighted by atomic mass is 16.4. The van der Waals surface area contributed by atoms with Crippen molar-refractivity contribution in [1.29, 1.82) is 0 Å². The molecule has 2 aromatic heterocycles. The summed E-state index contributed by atoms with van der Waals surface area (Å²) in [5.74, 6) is -1.05. The summed E-state index contributed by atoms with van der Waals surface area (Å²) >= 11 is 0. The van der Waals surface area contributed by atoms with Gasteiger partial charge in [-0.25, -0.2) is 0 Å². The van der Waals surface area contributed by atoms with E-state index in [-0.39, 0.29) is 5.91 Å². The fourth-order valence-electron chi connectivity index (χ4n) is 4.81.